The first-order valence-corrected chi connectivity index (χ1v) is 13.4. The lowest BCUT2D eigenvalue weighted by molar-refractivity contribution is -0.140. The van der Waals surface area contributed by atoms with E-state index < -0.39 is 44.8 Å². The minimum atomic E-state index is -4.90. The first-order chi connectivity index (χ1) is 18.3. The molecule has 1 N–H and O–H groups in total. The standard InChI is InChI=1S/C26H20F3N5O4S/c1-15-23(24(26(27,28)29)33-34(15)13-17-9-7-16(12-30)8-10-17)32-25(36)19-11-21(22(35)14-39(2,37)38)31-20-6-4-3-5-18(19)20/h3-11H,13-14H2,1-2H3,(H,32,36). The van der Waals surface area contributed by atoms with Crippen molar-refractivity contribution in [1.29, 1.82) is 5.26 Å². The summed E-state index contributed by atoms with van der Waals surface area (Å²) in [6, 6.07) is 15.4. The summed E-state index contributed by atoms with van der Waals surface area (Å²) >= 11 is 0. The molecule has 0 aliphatic heterocycles. The Balaban J connectivity index is 1.75. The number of para-hydroxylation sites is 1. The lowest BCUT2D eigenvalue weighted by Crippen LogP contribution is -2.20. The van der Waals surface area contributed by atoms with Gasteiger partial charge >= 0.3 is 6.18 Å². The monoisotopic (exact) mass is 555 g/mol. The Morgan fingerprint density at radius 1 is 1.10 bits per heavy atom. The van der Waals surface area contributed by atoms with Crippen molar-refractivity contribution in [2.24, 2.45) is 0 Å². The molecule has 0 spiro atoms. The zero-order valence-electron chi connectivity index (χ0n) is 20.6. The number of pyridine rings is 1. The van der Waals surface area contributed by atoms with Crippen molar-refractivity contribution in [2.45, 2.75) is 19.6 Å². The quantitative estimate of drug-likeness (QED) is 0.339. The summed E-state index contributed by atoms with van der Waals surface area (Å²) in [6.45, 7) is 1.31. The fraction of sp³-hybridized carbons (Fsp3) is 0.192. The second-order valence-corrected chi connectivity index (χ2v) is 10.9. The molecule has 200 valence electrons. The highest BCUT2D eigenvalue weighted by atomic mass is 32.2. The van der Waals surface area contributed by atoms with Crippen LogP contribution in [0.2, 0.25) is 0 Å². The van der Waals surface area contributed by atoms with Crippen LogP contribution in [0.25, 0.3) is 10.9 Å². The van der Waals surface area contributed by atoms with Crippen molar-refractivity contribution in [1.82, 2.24) is 14.8 Å². The Bertz CT molecular complexity index is 1760. The van der Waals surface area contributed by atoms with Crippen molar-refractivity contribution >= 4 is 38.1 Å². The number of sulfone groups is 1. The van der Waals surface area contributed by atoms with Crippen LogP contribution in [-0.4, -0.2) is 46.9 Å². The zero-order chi connectivity index (χ0) is 28.5. The van der Waals surface area contributed by atoms with Crippen LogP contribution in [0.3, 0.4) is 0 Å². The number of anilines is 1. The van der Waals surface area contributed by atoms with Gasteiger partial charge in [0.2, 0.25) is 0 Å². The number of amides is 1. The van der Waals surface area contributed by atoms with E-state index in [9.17, 15) is 31.2 Å². The van der Waals surface area contributed by atoms with Crippen molar-refractivity contribution in [3.63, 3.8) is 0 Å². The maximum atomic E-state index is 13.9. The molecule has 39 heavy (non-hydrogen) atoms. The van der Waals surface area contributed by atoms with E-state index in [1.165, 1.54) is 31.2 Å². The Labute approximate surface area is 220 Å². The summed E-state index contributed by atoms with van der Waals surface area (Å²) in [5.41, 5.74) is -1.17. The van der Waals surface area contributed by atoms with Gasteiger partial charge in [0, 0.05) is 11.6 Å². The molecule has 1 amide bonds. The number of nitrogens with zero attached hydrogens (tertiary/aromatic N) is 4. The molecule has 13 heteroatoms. The fourth-order valence-corrected chi connectivity index (χ4v) is 4.53. The third-order valence-corrected chi connectivity index (χ3v) is 6.56. The van der Waals surface area contributed by atoms with Gasteiger partial charge < -0.3 is 5.32 Å². The molecule has 0 saturated heterocycles. The molecular formula is C26H20F3N5O4S. The number of alkyl halides is 3. The van der Waals surface area contributed by atoms with E-state index in [1.54, 1.807) is 24.3 Å². The number of nitriles is 1. The number of fused-ring (bicyclic) bond motifs is 1. The maximum Gasteiger partial charge on any atom is 0.437 e. The van der Waals surface area contributed by atoms with Crippen molar-refractivity contribution in [3.8, 4) is 6.07 Å². The highest BCUT2D eigenvalue weighted by Crippen LogP contribution is 2.36. The minimum absolute atomic E-state index is 0.0202. The largest absolute Gasteiger partial charge is 0.437 e. The Morgan fingerprint density at radius 3 is 2.38 bits per heavy atom. The third-order valence-electron chi connectivity index (χ3n) is 5.77. The lowest BCUT2D eigenvalue weighted by Gasteiger charge is -2.12. The Kier molecular flexibility index (Phi) is 7.25. The second-order valence-electron chi connectivity index (χ2n) is 8.79. The van der Waals surface area contributed by atoms with Crippen LogP contribution in [-0.2, 0) is 22.6 Å². The molecule has 4 rings (SSSR count). The topological polar surface area (TPSA) is 135 Å². The number of hydrogen-bond acceptors (Lipinski definition) is 7. The Hall–Kier alpha value is -4.57. The van der Waals surface area contributed by atoms with Crippen molar-refractivity contribution < 1.29 is 31.2 Å². The van der Waals surface area contributed by atoms with Gasteiger partial charge in [-0.1, -0.05) is 30.3 Å². The van der Waals surface area contributed by atoms with Crippen LogP contribution in [0.4, 0.5) is 18.9 Å². The van der Waals surface area contributed by atoms with Crippen LogP contribution < -0.4 is 5.32 Å². The van der Waals surface area contributed by atoms with Crippen LogP contribution in [0.5, 0.6) is 0 Å². The summed E-state index contributed by atoms with van der Waals surface area (Å²) in [5.74, 6) is -2.67. The number of benzene rings is 2. The van der Waals surface area contributed by atoms with E-state index in [0.717, 1.165) is 17.0 Å². The van der Waals surface area contributed by atoms with Gasteiger partial charge in [-0.2, -0.15) is 23.5 Å². The van der Waals surface area contributed by atoms with Gasteiger partial charge in [-0.25, -0.2) is 13.4 Å². The van der Waals surface area contributed by atoms with Gasteiger partial charge in [0.1, 0.15) is 11.4 Å². The number of aromatic nitrogens is 3. The Morgan fingerprint density at radius 2 is 1.77 bits per heavy atom. The van der Waals surface area contributed by atoms with E-state index in [4.69, 9.17) is 5.26 Å². The predicted molar refractivity (Wildman–Crippen MR) is 136 cm³/mol. The lowest BCUT2D eigenvalue weighted by atomic mass is 10.1. The van der Waals surface area contributed by atoms with Gasteiger partial charge in [0.15, 0.2) is 21.3 Å². The summed E-state index contributed by atoms with van der Waals surface area (Å²) in [6.07, 6.45) is -4.03. The average Bonchev–Trinajstić information content (AvgIpc) is 3.17. The number of carbonyl (C=O) groups is 2. The van der Waals surface area contributed by atoms with Crippen molar-refractivity contribution in [2.75, 3.05) is 17.3 Å². The number of Topliss-reactive ketones (excluding diaryl/α,β-unsaturated/α-hetero) is 1. The van der Waals surface area contributed by atoms with Crippen LogP contribution in [0.15, 0.2) is 54.6 Å². The second kappa shape index (κ2) is 10.3. The highest BCUT2D eigenvalue weighted by Gasteiger charge is 2.39. The van der Waals surface area contributed by atoms with Gasteiger partial charge in [-0.05, 0) is 36.8 Å². The molecule has 0 aliphatic carbocycles. The fourth-order valence-electron chi connectivity index (χ4n) is 3.90. The number of ketones is 1. The SMILES string of the molecule is Cc1c(NC(=O)c2cc(C(=O)CS(C)(=O)=O)nc3ccccc23)c(C(F)(F)F)nn1Cc1ccc(C#N)cc1. The number of hydrogen-bond donors (Lipinski definition) is 1. The van der Waals surface area contributed by atoms with Gasteiger partial charge in [-0.15, -0.1) is 0 Å². The third kappa shape index (κ3) is 6.12. The summed E-state index contributed by atoms with van der Waals surface area (Å²) < 4.78 is 66.1. The molecule has 0 bridgehead atoms. The van der Waals surface area contributed by atoms with Crippen LogP contribution in [0.1, 0.15) is 43.4 Å². The molecular weight excluding hydrogens is 535 g/mol. The smallest absolute Gasteiger partial charge is 0.319 e. The molecule has 4 aromatic rings. The predicted octanol–water partition coefficient (Wildman–Crippen LogP) is 4.16. The summed E-state index contributed by atoms with van der Waals surface area (Å²) in [5, 5.41) is 15.2. The molecule has 2 heterocycles. The molecule has 0 unspecified atom stereocenters. The average molecular weight is 556 g/mol. The van der Waals surface area contributed by atoms with Crippen molar-refractivity contribution in [3.05, 3.63) is 88.4 Å². The molecule has 0 aliphatic rings. The van der Waals surface area contributed by atoms with Gasteiger partial charge in [0.05, 0.1) is 40.6 Å². The summed E-state index contributed by atoms with van der Waals surface area (Å²) in [7, 11) is -3.70. The van der Waals surface area contributed by atoms with Gasteiger partial charge in [-0.3, -0.25) is 14.3 Å². The number of carbonyl (C=O) groups excluding carboxylic acids is 2. The minimum Gasteiger partial charge on any atom is -0.319 e. The molecule has 0 saturated carbocycles. The molecule has 0 radical (unpaired) electrons. The molecule has 0 atom stereocenters. The van der Waals surface area contributed by atoms with E-state index in [-0.39, 0.29) is 34.4 Å². The van der Waals surface area contributed by atoms with Crippen LogP contribution >= 0.6 is 0 Å². The molecule has 9 nitrogen and oxygen atoms in total. The van der Waals surface area contributed by atoms with Gasteiger partial charge in [0.25, 0.3) is 5.91 Å². The normalized spacial score (nSPS) is 11.8. The highest BCUT2D eigenvalue weighted by molar-refractivity contribution is 7.91. The first-order valence-electron chi connectivity index (χ1n) is 11.3. The molecule has 2 aromatic heterocycles. The van der Waals surface area contributed by atoms with E-state index in [1.807, 2.05) is 6.07 Å². The zero-order valence-corrected chi connectivity index (χ0v) is 21.4. The molecule has 2 aromatic carbocycles. The molecule has 0 fully saturated rings. The number of rotatable bonds is 7. The van der Waals surface area contributed by atoms with E-state index in [2.05, 4.69) is 15.4 Å². The van der Waals surface area contributed by atoms with E-state index >= 15 is 0 Å². The van der Waals surface area contributed by atoms with Crippen LogP contribution in [0, 0.1) is 18.3 Å². The first kappa shape index (κ1) is 27.5. The maximum absolute atomic E-state index is 13.9. The summed E-state index contributed by atoms with van der Waals surface area (Å²) in [4.78, 5) is 30.0. The van der Waals surface area contributed by atoms with E-state index in [0.29, 0.717) is 11.1 Å². The number of halogens is 3. The number of nitrogens with one attached hydrogen (secondary N) is 1.